The highest BCUT2D eigenvalue weighted by atomic mass is 79.9. The summed E-state index contributed by atoms with van der Waals surface area (Å²) in [6.07, 6.45) is 7.56. The lowest BCUT2D eigenvalue weighted by atomic mass is 10.0. The second-order valence-corrected chi connectivity index (χ2v) is 8.74. The Morgan fingerprint density at radius 2 is 2.24 bits per heavy atom. The molecule has 2 aromatic rings. The Bertz CT molecular complexity index is 715. The fourth-order valence-corrected chi connectivity index (χ4v) is 4.25. The molecule has 0 aliphatic heterocycles. The minimum Gasteiger partial charge on any atom is -0.325 e. The Morgan fingerprint density at radius 3 is 3.00 bits per heavy atom. The Labute approximate surface area is 160 Å². The van der Waals surface area contributed by atoms with E-state index in [1.807, 2.05) is 31.2 Å². The van der Waals surface area contributed by atoms with Gasteiger partial charge in [0, 0.05) is 16.6 Å². The van der Waals surface area contributed by atoms with Crippen LogP contribution >= 0.6 is 27.7 Å². The lowest BCUT2D eigenvalue weighted by Crippen LogP contribution is -2.22. The number of aryl methyl sites for hydroxylation is 1. The van der Waals surface area contributed by atoms with E-state index >= 15 is 0 Å². The average molecular weight is 423 g/mol. The number of benzene rings is 1. The van der Waals surface area contributed by atoms with Crippen molar-refractivity contribution >= 4 is 39.3 Å². The van der Waals surface area contributed by atoms with Crippen LogP contribution < -0.4 is 5.32 Å². The van der Waals surface area contributed by atoms with Gasteiger partial charge in [-0.3, -0.25) is 9.89 Å². The molecule has 0 radical (unpaired) electrons. The van der Waals surface area contributed by atoms with Crippen LogP contribution in [0.5, 0.6) is 0 Å². The van der Waals surface area contributed by atoms with Crippen molar-refractivity contribution in [1.82, 2.24) is 15.2 Å². The third kappa shape index (κ3) is 5.57. The number of anilines is 1. The molecule has 5 nitrogen and oxygen atoms in total. The topological polar surface area (TPSA) is 70.7 Å². The van der Waals surface area contributed by atoms with Crippen molar-refractivity contribution in [3.8, 4) is 0 Å². The third-order valence-electron chi connectivity index (χ3n) is 4.52. The van der Waals surface area contributed by atoms with Gasteiger partial charge in [-0.05, 0) is 37.5 Å². The molecule has 1 aromatic heterocycles. The zero-order valence-electron chi connectivity index (χ0n) is 14.3. The Balaban J connectivity index is 1.48. The number of hydrogen-bond donors (Lipinski definition) is 2. The first-order valence-electron chi connectivity index (χ1n) is 8.74. The fraction of sp³-hybridized carbons (Fsp3) is 0.500. The standard InChI is InChI=1S/C18H23BrN4OS/c1-12(17(24)20-15-8-4-7-14(19)11-15)25-18-21-16(22-23-18)10-9-13-5-2-3-6-13/h4,7-8,11-13H,2-3,5-6,9-10H2,1H3,(H,20,24)(H,21,22,23). The first kappa shape index (κ1) is 18.5. The first-order valence-corrected chi connectivity index (χ1v) is 10.4. The highest BCUT2D eigenvalue weighted by Gasteiger charge is 2.19. The van der Waals surface area contributed by atoms with Crippen LogP contribution in [0.1, 0.15) is 44.9 Å². The summed E-state index contributed by atoms with van der Waals surface area (Å²) in [5.41, 5.74) is 0.777. The summed E-state index contributed by atoms with van der Waals surface area (Å²) >= 11 is 4.78. The number of carbonyl (C=O) groups excluding carboxylic acids is 1. The van der Waals surface area contributed by atoms with E-state index in [1.54, 1.807) is 0 Å². The summed E-state index contributed by atoms with van der Waals surface area (Å²) in [6.45, 7) is 1.87. The zero-order chi connectivity index (χ0) is 17.6. The van der Waals surface area contributed by atoms with Crippen LogP contribution in [-0.2, 0) is 11.2 Å². The van der Waals surface area contributed by atoms with E-state index in [-0.39, 0.29) is 11.2 Å². The minimum absolute atomic E-state index is 0.0552. The summed E-state index contributed by atoms with van der Waals surface area (Å²) in [5, 5.41) is 10.5. The van der Waals surface area contributed by atoms with Crippen molar-refractivity contribution in [2.75, 3.05) is 5.32 Å². The van der Waals surface area contributed by atoms with Gasteiger partial charge in [0.05, 0.1) is 5.25 Å². The molecule has 0 saturated heterocycles. The molecule has 7 heteroatoms. The van der Waals surface area contributed by atoms with E-state index in [4.69, 9.17) is 0 Å². The average Bonchev–Trinajstić information content (AvgIpc) is 3.24. The van der Waals surface area contributed by atoms with E-state index in [9.17, 15) is 4.79 Å². The summed E-state index contributed by atoms with van der Waals surface area (Å²) in [5.74, 6) is 1.71. The molecule has 134 valence electrons. The van der Waals surface area contributed by atoms with Crippen LogP contribution in [0.4, 0.5) is 5.69 Å². The number of carbonyl (C=O) groups is 1. The minimum atomic E-state index is -0.266. The summed E-state index contributed by atoms with van der Waals surface area (Å²) in [4.78, 5) is 16.8. The molecule has 1 heterocycles. The molecule has 1 fully saturated rings. The number of aromatic nitrogens is 3. The lowest BCUT2D eigenvalue weighted by Gasteiger charge is -2.10. The van der Waals surface area contributed by atoms with E-state index in [1.165, 1.54) is 43.9 Å². The van der Waals surface area contributed by atoms with Crippen molar-refractivity contribution in [1.29, 1.82) is 0 Å². The molecule has 1 aliphatic rings. The maximum Gasteiger partial charge on any atom is 0.237 e. The maximum absolute atomic E-state index is 12.3. The van der Waals surface area contributed by atoms with Gasteiger partial charge >= 0.3 is 0 Å². The number of thioether (sulfide) groups is 1. The smallest absolute Gasteiger partial charge is 0.237 e. The molecule has 0 bridgehead atoms. The van der Waals surface area contributed by atoms with Gasteiger partial charge < -0.3 is 5.32 Å². The van der Waals surface area contributed by atoms with Crippen molar-refractivity contribution in [2.45, 2.75) is 55.9 Å². The number of nitrogens with one attached hydrogen (secondary N) is 2. The molecular weight excluding hydrogens is 400 g/mol. The van der Waals surface area contributed by atoms with Crippen LogP contribution in [0.25, 0.3) is 0 Å². The zero-order valence-corrected chi connectivity index (χ0v) is 16.7. The molecule has 1 atom stereocenters. The van der Waals surface area contributed by atoms with E-state index in [2.05, 4.69) is 36.4 Å². The van der Waals surface area contributed by atoms with Crippen LogP contribution in [0, 0.1) is 5.92 Å². The molecule has 1 saturated carbocycles. The largest absolute Gasteiger partial charge is 0.325 e. The maximum atomic E-state index is 12.3. The van der Waals surface area contributed by atoms with E-state index in [0.717, 1.165) is 28.3 Å². The van der Waals surface area contributed by atoms with Crippen molar-refractivity contribution in [2.24, 2.45) is 5.92 Å². The predicted molar refractivity (Wildman–Crippen MR) is 105 cm³/mol. The monoisotopic (exact) mass is 422 g/mol. The van der Waals surface area contributed by atoms with Gasteiger partial charge in [-0.15, -0.1) is 5.10 Å². The number of rotatable bonds is 7. The molecular formula is C18H23BrN4OS. The summed E-state index contributed by atoms with van der Waals surface area (Å²) in [6, 6.07) is 7.56. The van der Waals surface area contributed by atoms with Crippen LogP contribution in [0.2, 0.25) is 0 Å². The molecule has 1 aliphatic carbocycles. The fourth-order valence-electron chi connectivity index (χ4n) is 3.10. The van der Waals surface area contributed by atoms with Gasteiger partial charge in [-0.2, -0.15) is 0 Å². The van der Waals surface area contributed by atoms with Gasteiger partial charge in [0.1, 0.15) is 5.82 Å². The van der Waals surface area contributed by atoms with Crippen LogP contribution in [-0.4, -0.2) is 26.3 Å². The molecule has 1 amide bonds. The van der Waals surface area contributed by atoms with Crippen LogP contribution in [0.3, 0.4) is 0 Å². The molecule has 25 heavy (non-hydrogen) atoms. The molecule has 3 rings (SSSR count). The predicted octanol–water partition coefficient (Wildman–Crippen LogP) is 4.81. The number of amides is 1. The molecule has 2 N–H and O–H groups in total. The number of halogens is 1. The van der Waals surface area contributed by atoms with Gasteiger partial charge in [0.25, 0.3) is 0 Å². The third-order valence-corrected chi connectivity index (χ3v) is 5.97. The quantitative estimate of drug-likeness (QED) is 0.627. The van der Waals surface area contributed by atoms with Gasteiger partial charge in [0.2, 0.25) is 11.1 Å². The Hall–Kier alpha value is -1.34. The molecule has 1 aromatic carbocycles. The lowest BCUT2D eigenvalue weighted by molar-refractivity contribution is -0.115. The number of hydrogen-bond acceptors (Lipinski definition) is 4. The Kier molecular flexibility index (Phi) is 6.53. The summed E-state index contributed by atoms with van der Waals surface area (Å²) in [7, 11) is 0. The molecule has 1 unspecified atom stereocenters. The number of aromatic amines is 1. The van der Waals surface area contributed by atoms with Gasteiger partial charge in [-0.25, -0.2) is 4.98 Å². The second kappa shape index (κ2) is 8.85. The van der Waals surface area contributed by atoms with E-state index < -0.39 is 0 Å². The number of nitrogens with zero attached hydrogens (tertiary/aromatic N) is 2. The SMILES string of the molecule is CC(Sc1n[nH]c(CCC2CCCC2)n1)C(=O)Nc1cccc(Br)c1. The van der Waals surface area contributed by atoms with Gasteiger partial charge in [-0.1, -0.05) is 59.4 Å². The molecule has 0 spiro atoms. The van der Waals surface area contributed by atoms with Crippen molar-refractivity contribution in [3.05, 3.63) is 34.6 Å². The second-order valence-electron chi connectivity index (χ2n) is 6.51. The van der Waals surface area contributed by atoms with Crippen molar-refractivity contribution in [3.63, 3.8) is 0 Å². The van der Waals surface area contributed by atoms with Gasteiger partial charge in [0.15, 0.2) is 0 Å². The Morgan fingerprint density at radius 1 is 1.44 bits per heavy atom. The highest BCUT2D eigenvalue weighted by Crippen LogP contribution is 2.28. The normalized spacial score (nSPS) is 16.1. The highest BCUT2D eigenvalue weighted by molar-refractivity contribution is 9.10. The van der Waals surface area contributed by atoms with Crippen molar-refractivity contribution < 1.29 is 4.79 Å². The van der Waals surface area contributed by atoms with Crippen LogP contribution in [0.15, 0.2) is 33.9 Å². The summed E-state index contributed by atoms with van der Waals surface area (Å²) < 4.78 is 0.937. The number of H-pyrrole nitrogens is 1. The first-order chi connectivity index (χ1) is 12.1. The van der Waals surface area contributed by atoms with E-state index in [0.29, 0.717) is 5.16 Å².